The van der Waals surface area contributed by atoms with Crippen molar-refractivity contribution in [1.82, 2.24) is 9.88 Å². The number of anilines is 2. The van der Waals surface area contributed by atoms with Gasteiger partial charge in [0, 0.05) is 44.7 Å². The Kier molecular flexibility index (Phi) is 4.94. The molecule has 2 N–H and O–H groups in total. The molecule has 5 heteroatoms. The molecule has 1 aliphatic rings. The first-order valence-corrected chi connectivity index (χ1v) is 7.23. The van der Waals surface area contributed by atoms with Gasteiger partial charge in [0.1, 0.15) is 11.6 Å². The second kappa shape index (κ2) is 6.71. The number of hydrogen-bond acceptors (Lipinski definition) is 5. The third-order valence-corrected chi connectivity index (χ3v) is 3.79. The molecule has 1 saturated heterocycles. The van der Waals surface area contributed by atoms with Gasteiger partial charge < -0.3 is 10.6 Å². The van der Waals surface area contributed by atoms with Crippen molar-refractivity contribution in [2.24, 2.45) is 0 Å². The van der Waals surface area contributed by atoms with Crippen LogP contribution in [0.2, 0.25) is 0 Å². The van der Waals surface area contributed by atoms with Crippen LogP contribution in [0.5, 0.6) is 0 Å². The Morgan fingerprint density at radius 1 is 1.29 bits per heavy atom. The molecule has 0 atom stereocenters. The largest absolute Gasteiger partial charge is 0.373 e. The fourth-order valence-electron chi connectivity index (χ4n) is 1.84. The van der Waals surface area contributed by atoms with Gasteiger partial charge in [-0.05, 0) is 12.1 Å². The van der Waals surface area contributed by atoms with Gasteiger partial charge in [-0.3, -0.25) is 4.90 Å². The fourth-order valence-corrected chi connectivity index (χ4v) is 2.82. The minimum atomic E-state index is 0.907. The van der Waals surface area contributed by atoms with E-state index in [-0.39, 0.29) is 0 Å². The van der Waals surface area contributed by atoms with Gasteiger partial charge in [0.05, 0.1) is 0 Å². The van der Waals surface area contributed by atoms with Gasteiger partial charge in [-0.25, -0.2) is 4.98 Å². The van der Waals surface area contributed by atoms with Crippen LogP contribution < -0.4 is 10.6 Å². The molecule has 94 valence electrons. The zero-order valence-corrected chi connectivity index (χ0v) is 11.1. The van der Waals surface area contributed by atoms with Crippen LogP contribution in [-0.4, -0.2) is 54.6 Å². The molecule has 2 rings (SSSR count). The number of aromatic nitrogens is 1. The third-order valence-electron chi connectivity index (χ3n) is 2.84. The summed E-state index contributed by atoms with van der Waals surface area (Å²) in [5.74, 6) is 4.40. The zero-order chi connectivity index (χ0) is 11.9. The van der Waals surface area contributed by atoms with Gasteiger partial charge in [-0.15, -0.1) is 0 Å². The van der Waals surface area contributed by atoms with E-state index in [1.807, 2.05) is 25.2 Å². The van der Waals surface area contributed by atoms with Crippen molar-refractivity contribution in [3.63, 3.8) is 0 Å². The normalized spacial score (nSPS) is 16.8. The summed E-state index contributed by atoms with van der Waals surface area (Å²) in [6, 6.07) is 5.98. The van der Waals surface area contributed by atoms with Crippen molar-refractivity contribution in [2.45, 2.75) is 0 Å². The maximum Gasteiger partial charge on any atom is 0.128 e. The number of pyridine rings is 1. The van der Waals surface area contributed by atoms with E-state index in [1.54, 1.807) is 0 Å². The van der Waals surface area contributed by atoms with E-state index in [4.69, 9.17) is 0 Å². The Bertz CT molecular complexity index is 339. The molecule has 4 nitrogen and oxygen atoms in total. The lowest BCUT2D eigenvalue weighted by atomic mass is 10.4. The first-order chi connectivity index (χ1) is 8.38. The Morgan fingerprint density at radius 2 is 2.06 bits per heavy atom. The van der Waals surface area contributed by atoms with Gasteiger partial charge in [0.25, 0.3) is 0 Å². The Balaban J connectivity index is 1.73. The van der Waals surface area contributed by atoms with Crippen LogP contribution >= 0.6 is 11.8 Å². The average molecular weight is 252 g/mol. The van der Waals surface area contributed by atoms with Gasteiger partial charge in [-0.1, -0.05) is 6.07 Å². The van der Waals surface area contributed by atoms with Crippen molar-refractivity contribution in [3.8, 4) is 0 Å². The van der Waals surface area contributed by atoms with Crippen LogP contribution in [-0.2, 0) is 0 Å². The topological polar surface area (TPSA) is 40.2 Å². The summed E-state index contributed by atoms with van der Waals surface area (Å²) < 4.78 is 0. The van der Waals surface area contributed by atoms with Gasteiger partial charge in [0.15, 0.2) is 0 Å². The third kappa shape index (κ3) is 4.09. The second-order valence-corrected chi connectivity index (χ2v) is 5.26. The Morgan fingerprint density at radius 3 is 2.82 bits per heavy atom. The SMILES string of the molecule is CNc1cccc(NCCN2CCSCC2)n1. The second-order valence-electron chi connectivity index (χ2n) is 4.04. The molecule has 0 saturated carbocycles. The molecule has 1 fully saturated rings. The predicted octanol–water partition coefficient (Wildman–Crippen LogP) is 1.58. The van der Waals surface area contributed by atoms with Crippen LogP contribution in [0.25, 0.3) is 0 Å². The number of thioether (sulfide) groups is 1. The highest BCUT2D eigenvalue weighted by molar-refractivity contribution is 7.99. The molecular weight excluding hydrogens is 232 g/mol. The summed E-state index contributed by atoms with van der Waals surface area (Å²) >= 11 is 2.05. The number of hydrogen-bond donors (Lipinski definition) is 2. The van der Waals surface area contributed by atoms with Crippen LogP contribution in [0.4, 0.5) is 11.6 Å². The van der Waals surface area contributed by atoms with Crippen molar-refractivity contribution >= 4 is 23.4 Å². The van der Waals surface area contributed by atoms with Crippen LogP contribution in [0.1, 0.15) is 0 Å². The molecule has 0 aliphatic carbocycles. The highest BCUT2D eigenvalue weighted by atomic mass is 32.2. The zero-order valence-electron chi connectivity index (χ0n) is 10.3. The summed E-state index contributed by atoms with van der Waals surface area (Å²) in [4.78, 5) is 6.93. The number of nitrogens with one attached hydrogen (secondary N) is 2. The fraction of sp³-hybridized carbons (Fsp3) is 0.583. The summed E-state index contributed by atoms with van der Waals surface area (Å²) in [5.41, 5.74) is 0. The Hall–Kier alpha value is -0.940. The van der Waals surface area contributed by atoms with Gasteiger partial charge >= 0.3 is 0 Å². The lowest BCUT2D eigenvalue weighted by Gasteiger charge is -2.26. The summed E-state index contributed by atoms with van der Waals surface area (Å²) in [7, 11) is 1.89. The van der Waals surface area contributed by atoms with Crippen molar-refractivity contribution < 1.29 is 0 Å². The molecular formula is C12H20N4S. The van der Waals surface area contributed by atoms with E-state index in [0.29, 0.717) is 0 Å². The van der Waals surface area contributed by atoms with Crippen LogP contribution in [0.15, 0.2) is 18.2 Å². The highest BCUT2D eigenvalue weighted by Gasteiger charge is 2.09. The van der Waals surface area contributed by atoms with Crippen molar-refractivity contribution in [2.75, 3.05) is 55.4 Å². The molecule has 1 aliphatic heterocycles. The van der Waals surface area contributed by atoms with E-state index in [9.17, 15) is 0 Å². The standard InChI is InChI=1S/C12H20N4S/c1-13-11-3-2-4-12(15-11)14-5-6-16-7-9-17-10-8-16/h2-4H,5-10H2,1H3,(H2,13,14,15). The van der Waals surface area contributed by atoms with Gasteiger partial charge in [-0.2, -0.15) is 11.8 Å². The summed E-state index contributed by atoms with van der Waals surface area (Å²) in [6.45, 7) is 4.50. The van der Waals surface area contributed by atoms with E-state index < -0.39 is 0 Å². The molecule has 2 heterocycles. The number of nitrogens with zero attached hydrogens (tertiary/aromatic N) is 2. The first-order valence-electron chi connectivity index (χ1n) is 6.07. The number of rotatable bonds is 5. The molecule has 0 amide bonds. The quantitative estimate of drug-likeness (QED) is 0.833. The molecule has 0 radical (unpaired) electrons. The minimum absolute atomic E-state index is 0.907. The molecule has 0 unspecified atom stereocenters. The van der Waals surface area contributed by atoms with Crippen molar-refractivity contribution in [3.05, 3.63) is 18.2 Å². The highest BCUT2D eigenvalue weighted by Crippen LogP contribution is 2.10. The van der Waals surface area contributed by atoms with Gasteiger partial charge in [0.2, 0.25) is 0 Å². The smallest absolute Gasteiger partial charge is 0.128 e. The van der Waals surface area contributed by atoms with E-state index >= 15 is 0 Å². The first kappa shape index (κ1) is 12.5. The van der Waals surface area contributed by atoms with Crippen LogP contribution in [0.3, 0.4) is 0 Å². The predicted molar refractivity (Wildman–Crippen MR) is 76.0 cm³/mol. The minimum Gasteiger partial charge on any atom is -0.373 e. The molecule has 0 bridgehead atoms. The lowest BCUT2D eigenvalue weighted by molar-refractivity contribution is 0.314. The average Bonchev–Trinajstić information content (AvgIpc) is 2.40. The van der Waals surface area contributed by atoms with E-state index in [0.717, 1.165) is 24.7 Å². The molecule has 1 aromatic heterocycles. The summed E-state index contributed by atoms with van der Waals surface area (Å²) in [6.07, 6.45) is 0. The maximum atomic E-state index is 4.43. The lowest BCUT2D eigenvalue weighted by Crippen LogP contribution is -2.36. The monoisotopic (exact) mass is 252 g/mol. The maximum absolute atomic E-state index is 4.43. The van der Waals surface area contributed by atoms with E-state index in [2.05, 4.69) is 32.3 Å². The molecule has 1 aromatic rings. The molecule has 0 aromatic carbocycles. The van der Waals surface area contributed by atoms with E-state index in [1.165, 1.54) is 24.6 Å². The Labute approximate surface area is 107 Å². The van der Waals surface area contributed by atoms with Crippen LogP contribution in [0, 0.1) is 0 Å². The summed E-state index contributed by atoms with van der Waals surface area (Å²) in [5, 5.41) is 6.41. The molecule has 0 spiro atoms. The molecule has 17 heavy (non-hydrogen) atoms. The van der Waals surface area contributed by atoms with Crippen molar-refractivity contribution in [1.29, 1.82) is 0 Å².